The fraction of sp³-hybridized carbons (Fsp3) is 0.286. The van der Waals surface area contributed by atoms with E-state index in [1.54, 1.807) is 12.4 Å². The third kappa shape index (κ3) is 7.25. The van der Waals surface area contributed by atoms with Crippen LogP contribution in [0.2, 0.25) is 5.02 Å². The van der Waals surface area contributed by atoms with Crippen molar-refractivity contribution in [2.24, 2.45) is 5.73 Å². The molecule has 0 bridgehead atoms. The van der Waals surface area contributed by atoms with Crippen LogP contribution in [0.3, 0.4) is 0 Å². The van der Waals surface area contributed by atoms with Gasteiger partial charge in [0.15, 0.2) is 0 Å². The second-order valence-corrected chi connectivity index (χ2v) is 11.1. The minimum Gasteiger partial charge on any atom is -0.493 e. The van der Waals surface area contributed by atoms with Crippen LogP contribution in [0.5, 0.6) is 5.75 Å². The fourth-order valence-electron chi connectivity index (χ4n) is 5.51. The zero-order valence-corrected chi connectivity index (χ0v) is 25.1. The number of nitrogens with two attached hydrogens (primary N) is 1. The van der Waals surface area contributed by atoms with Gasteiger partial charge < -0.3 is 26.0 Å². The number of allylic oxidation sites excluding steroid dienone is 3. The van der Waals surface area contributed by atoms with Crippen LogP contribution in [0, 0.1) is 0 Å². The molecule has 7 heteroatoms. The first-order valence-electron chi connectivity index (χ1n) is 14.8. The predicted molar refractivity (Wildman–Crippen MR) is 175 cm³/mol. The molecular weight excluding hydrogens is 542 g/mol. The summed E-state index contributed by atoms with van der Waals surface area (Å²) < 4.78 is 5.81. The van der Waals surface area contributed by atoms with Gasteiger partial charge in [0.25, 0.3) is 0 Å². The van der Waals surface area contributed by atoms with Gasteiger partial charge in [0, 0.05) is 47.7 Å². The summed E-state index contributed by atoms with van der Waals surface area (Å²) in [5, 5.41) is 7.43. The zero-order valence-electron chi connectivity index (χ0n) is 24.3. The first-order chi connectivity index (χ1) is 20.6. The molecule has 0 radical (unpaired) electrons. The number of pyridine rings is 1. The molecule has 0 atom stereocenters. The summed E-state index contributed by atoms with van der Waals surface area (Å²) in [6, 6.07) is 13.0. The second-order valence-electron chi connectivity index (χ2n) is 10.7. The molecule has 0 saturated carbocycles. The molecule has 2 aromatic carbocycles. The Kier molecular flexibility index (Phi) is 10.0. The first-order valence-corrected chi connectivity index (χ1v) is 15.1. The molecule has 218 valence electrons. The molecule has 6 nitrogen and oxygen atoms in total. The Morgan fingerprint density at radius 3 is 2.81 bits per heavy atom. The highest BCUT2D eigenvalue weighted by Gasteiger charge is 2.19. The van der Waals surface area contributed by atoms with Gasteiger partial charge in [-0.25, -0.2) is 0 Å². The third-order valence-corrected chi connectivity index (χ3v) is 8.14. The van der Waals surface area contributed by atoms with Crippen LogP contribution in [0.25, 0.3) is 0 Å². The number of nitrogens with zero attached hydrogens (tertiary/aromatic N) is 2. The molecule has 3 heterocycles. The Hall–Kier alpha value is -4.00. The largest absolute Gasteiger partial charge is 0.493 e. The van der Waals surface area contributed by atoms with E-state index in [0.717, 1.165) is 91.6 Å². The lowest BCUT2D eigenvalue weighted by molar-refractivity contribution is 0.288. The minimum absolute atomic E-state index is 0.792. The molecular formula is C35H40ClN5O. The maximum atomic E-state index is 6.87. The number of halogens is 1. The van der Waals surface area contributed by atoms with Gasteiger partial charge in [-0.2, -0.15) is 0 Å². The fourth-order valence-corrected chi connectivity index (χ4v) is 5.79. The van der Waals surface area contributed by atoms with Crippen molar-refractivity contribution in [2.45, 2.75) is 52.0 Å². The van der Waals surface area contributed by atoms with Crippen LogP contribution >= 0.6 is 11.6 Å². The Morgan fingerprint density at radius 2 is 1.95 bits per heavy atom. The van der Waals surface area contributed by atoms with Crippen LogP contribution in [0.1, 0.15) is 47.6 Å². The van der Waals surface area contributed by atoms with Crippen LogP contribution < -0.4 is 26.0 Å². The van der Waals surface area contributed by atoms with Crippen LogP contribution in [-0.2, 0) is 32.2 Å². The van der Waals surface area contributed by atoms with E-state index in [1.165, 1.54) is 34.0 Å². The molecule has 4 N–H and O–H groups in total. The lowest BCUT2D eigenvalue weighted by atomic mass is 9.94. The Labute approximate surface area is 254 Å². The van der Waals surface area contributed by atoms with Crippen molar-refractivity contribution in [2.75, 3.05) is 23.4 Å². The van der Waals surface area contributed by atoms with E-state index in [9.17, 15) is 0 Å². The average Bonchev–Trinajstić information content (AvgIpc) is 3.02. The molecule has 0 unspecified atom stereocenters. The van der Waals surface area contributed by atoms with E-state index in [0.29, 0.717) is 0 Å². The van der Waals surface area contributed by atoms with Gasteiger partial charge in [0.05, 0.1) is 18.5 Å². The van der Waals surface area contributed by atoms with Crippen molar-refractivity contribution in [3.05, 3.63) is 130 Å². The summed E-state index contributed by atoms with van der Waals surface area (Å²) in [4.78, 5) is 6.57. The molecule has 5 rings (SSSR count). The van der Waals surface area contributed by atoms with E-state index in [4.69, 9.17) is 22.1 Å². The van der Waals surface area contributed by atoms with Crippen molar-refractivity contribution >= 4 is 23.0 Å². The first kappa shape index (κ1) is 29.5. The number of ether oxygens (including phenoxy) is 1. The zero-order chi connectivity index (χ0) is 29.3. The highest BCUT2D eigenvalue weighted by Crippen LogP contribution is 2.34. The molecule has 42 heavy (non-hydrogen) atoms. The van der Waals surface area contributed by atoms with E-state index in [-0.39, 0.29) is 0 Å². The van der Waals surface area contributed by atoms with Crippen molar-refractivity contribution in [1.82, 2.24) is 10.3 Å². The second kappa shape index (κ2) is 14.3. The molecule has 2 aliphatic rings. The molecule has 0 amide bonds. The Bertz CT molecular complexity index is 1510. The Balaban J connectivity index is 1.29. The van der Waals surface area contributed by atoms with Crippen LogP contribution in [0.4, 0.5) is 11.4 Å². The minimum atomic E-state index is 0.792. The Morgan fingerprint density at radius 1 is 1.07 bits per heavy atom. The number of anilines is 2. The quantitative estimate of drug-likeness (QED) is 0.210. The standard InChI is InChI=1S/C35H40ClN5O/c1-3-38-23-31-21-34(36)29(19-28(31)9-8-26-18-32(24-39-22-26)40-15-14-37)11-10-27-6-4-16-41(25(27)2)33-12-13-35-30(20-33)7-5-17-42-35/h4,6,12-16,18-22,24,38,40H,2-3,5,7-11,17,23,37H2,1H3/b15-14-. The maximum absolute atomic E-state index is 6.87. The lowest BCUT2D eigenvalue weighted by Crippen LogP contribution is -2.19. The third-order valence-electron chi connectivity index (χ3n) is 7.79. The van der Waals surface area contributed by atoms with Gasteiger partial charge in [-0.05, 0) is 115 Å². The van der Waals surface area contributed by atoms with E-state index >= 15 is 0 Å². The van der Waals surface area contributed by atoms with Crippen molar-refractivity contribution < 1.29 is 4.74 Å². The van der Waals surface area contributed by atoms with Gasteiger partial charge in [-0.3, -0.25) is 4.98 Å². The van der Waals surface area contributed by atoms with E-state index in [1.807, 2.05) is 6.20 Å². The van der Waals surface area contributed by atoms with Gasteiger partial charge in [-0.1, -0.05) is 37.2 Å². The van der Waals surface area contributed by atoms with E-state index in [2.05, 4.69) is 88.8 Å². The van der Waals surface area contributed by atoms with E-state index < -0.39 is 0 Å². The topological polar surface area (TPSA) is 75.4 Å². The van der Waals surface area contributed by atoms with Crippen molar-refractivity contribution in [1.29, 1.82) is 0 Å². The number of aromatic nitrogens is 1. The number of benzene rings is 2. The lowest BCUT2D eigenvalue weighted by Gasteiger charge is -2.29. The van der Waals surface area contributed by atoms with Gasteiger partial charge in [0.2, 0.25) is 0 Å². The average molecular weight is 582 g/mol. The molecule has 0 aliphatic carbocycles. The highest BCUT2D eigenvalue weighted by atomic mass is 35.5. The molecule has 3 aromatic rings. The summed E-state index contributed by atoms with van der Waals surface area (Å²) in [6.07, 6.45) is 18.8. The molecule has 0 spiro atoms. The smallest absolute Gasteiger partial charge is 0.122 e. The summed E-state index contributed by atoms with van der Waals surface area (Å²) in [6.45, 7) is 9.08. The highest BCUT2D eigenvalue weighted by molar-refractivity contribution is 6.31. The number of fused-ring (bicyclic) bond motifs is 1. The monoisotopic (exact) mass is 581 g/mol. The normalized spacial score (nSPS) is 14.6. The van der Waals surface area contributed by atoms with Crippen LogP contribution in [-0.4, -0.2) is 18.1 Å². The van der Waals surface area contributed by atoms with Gasteiger partial charge in [0.1, 0.15) is 5.75 Å². The molecule has 0 saturated heterocycles. The van der Waals surface area contributed by atoms with Gasteiger partial charge >= 0.3 is 0 Å². The summed E-state index contributed by atoms with van der Waals surface area (Å²) in [7, 11) is 0. The number of hydrogen-bond donors (Lipinski definition) is 3. The van der Waals surface area contributed by atoms with Gasteiger partial charge in [-0.15, -0.1) is 0 Å². The number of nitrogens with one attached hydrogen (secondary N) is 2. The summed E-state index contributed by atoms with van der Waals surface area (Å²) in [5.41, 5.74) is 15.9. The van der Waals surface area contributed by atoms with Crippen LogP contribution in [0.15, 0.2) is 97.4 Å². The number of hydrogen-bond acceptors (Lipinski definition) is 6. The number of aryl methyl sites for hydroxylation is 4. The van der Waals surface area contributed by atoms with Crippen molar-refractivity contribution in [3.8, 4) is 5.75 Å². The molecule has 0 fully saturated rings. The SMILES string of the molecule is C=C1C(CCc2cc(CCc3cncc(N/C=C\N)c3)c(CNCC)cc2Cl)=CC=CN1c1ccc2c(c1)CCCO2. The van der Waals surface area contributed by atoms with Crippen molar-refractivity contribution in [3.63, 3.8) is 0 Å². The maximum Gasteiger partial charge on any atom is 0.122 e. The number of rotatable bonds is 12. The predicted octanol–water partition coefficient (Wildman–Crippen LogP) is 7.20. The molecule has 1 aromatic heterocycles. The summed E-state index contributed by atoms with van der Waals surface area (Å²) >= 11 is 6.87. The molecule has 2 aliphatic heterocycles. The summed E-state index contributed by atoms with van der Waals surface area (Å²) in [5.74, 6) is 1.000.